The van der Waals surface area contributed by atoms with Crippen molar-refractivity contribution in [3.8, 4) is 0 Å². The Morgan fingerprint density at radius 1 is 1.32 bits per heavy atom. The predicted octanol–water partition coefficient (Wildman–Crippen LogP) is 1.36. The van der Waals surface area contributed by atoms with E-state index in [1.54, 1.807) is 0 Å². The Bertz CT molecular complexity index is 290. The van der Waals surface area contributed by atoms with E-state index in [2.05, 4.69) is 10.6 Å². The van der Waals surface area contributed by atoms with Crippen molar-refractivity contribution in [1.82, 2.24) is 10.6 Å². The Morgan fingerprint density at radius 2 is 2.00 bits per heavy atom. The molecule has 1 aliphatic rings. The number of hydrogen-bond donors (Lipinski definition) is 3. The van der Waals surface area contributed by atoms with Crippen molar-refractivity contribution in [3.63, 3.8) is 0 Å². The third-order valence-corrected chi connectivity index (χ3v) is 3.33. The summed E-state index contributed by atoms with van der Waals surface area (Å²) in [6.45, 7) is 3.99. The molecule has 0 bridgehead atoms. The first kappa shape index (κ1) is 15.8. The number of hydrogen-bond acceptors (Lipinski definition) is 3. The third-order valence-electron chi connectivity index (χ3n) is 3.33. The molecular formula is C13H24N2O4. The van der Waals surface area contributed by atoms with E-state index in [9.17, 15) is 9.59 Å². The van der Waals surface area contributed by atoms with Crippen LogP contribution in [0, 0.1) is 5.92 Å². The molecule has 0 aliphatic carbocycles. The number of carboxylic acids is 1. The van der Waals surface area contributed by atoms with Crippen LogP contribution in [0.5, 0.6) is 0 Å². The molecule has 6 nitrogen and oxygen atoms in total. The minimum Gasteiger partial charge on any atom is -0.481 e. The van der Waals surface area contributed by atoms with E-state index >= 15 is 0 Å². The Balaban J connectivity index is 2.04. The van der Waals surface area contributed by atoms with E-state index in [4.69, 9.17) is 9.84 Å². The summed E-state index contributed by atoms with van der Waals surface area (Å²) in [7, 11) is 0. The largest absolute Gasteiger partial charge is 0.481 e. The van der Waals surface area contributed by atoms with Crippen LogP contribution in [-0.2, 0) is 9.53 Å². The fraction of sp³-hybridized carbons (Fsp3) is 0.846. The normalized spacial score (nSPS) is 17.7. The molecule has 1 heterocycles. The van der Waals surface area contributed by atoms with Crippen LogP contribution in [0.15, 0.2) is 0 Å². The van der Waals surface area contributed by atoms with Crippen LogP contribution < -0.4 is 10.6 Å². The van der Waals surface area contributed by atoms with Gasteiger partial charge in [-0.25, -0.2) is 4.79 Å². The van der Waals surface area contributed by atoms with Gasteiger partial charge in [-0.15, -0.1) is 0 Å². The summed E-state index contributed by atoms with van der Waals surface area (Å²) >= 11 is 0. The summed E-state index contributed by atoms with van der Waals surface area (Å²) < 4.78 is 5.22. The summed E-state index contributed by atoms with van der Waals surface area (Å²) in [5.74, 6) is -0.462. The Labute approximate surface area is 113 Å². The van der Waals surface area contributed by atoms with E-state index in [1.165, 1.54) is 0 Å². The van der Waals surface area contributed by atoms with Gasteiger partial charge in [-0.2, -0.15) is 0 Å². The van der Waals surface area contributed by atoms with Crippen molar-refractivity contribution < 1.29 is 19.4 Å². The number of rotatable bonds is 7. The summed E-state index contributed by atoms with van der Waals surface area (Å²) in [5, 5.41) is 14.3. The summed E-state index contributed by atoms with van der Waals surface area (Å²) in [6.07, 6.45) is 3.37. The number of urea groups is 1. The van der Waals surface area contributed by atoms with Crippen molar-refractivity contribution in [2.45, 2.75) is 45.1 Å². The number of carbonyl (C=O) groups is 2. The van der Waals surface area contributed by atoms with Gasteiger partial charge < -0.3 is 20.5 Å². The van der Waals surface area contributed by atoms with Crippen LogP contribution in [0.4, 0.5) is 4.79 Å². The maximum absolute atomic E-state index is 11.6. The number of amides is 2. The standard InChI is InChI=1S/C13H24N2O4/c1-10(2-3-12(16)17)4-7-14-13(18)15-11-5-8-19-9-6-11/h10-11H,2-9H2,1H3,(H,16,17)(H2,14,15,18). The molecule has 19 heavy (non-hydrogen) atoms. The molecule has 3 N–H and O–H groups in total. The fourth-order valence-electron chi connectivity index (χ4n) is 2.02. The third kappa shape index (κ3) is 7.66. The second kappa shape index (κ2) is 8.74. The minimum atomic E-state index is -0.767. The minimum absolute atomic E-state index is 0.141. The van der Waals surface area contributed by atoms with Gasteiger partial charge in [0.2, 0.25) is 0 Å². The number of ether oxygens (including phenoxy) is 1. The number of carbonyl (C=O) groups excluding carboxylic acids is 1. The van der Waals surface area contributed by atoms with Gasteiger partial charge in [0.15, 0.2) is 0 Å². The Morgan fingerprint density at radius 3 is 2.63 bits per heavy atom. The monoisotopic (exact) mass is 272 g/mol. The lowest BCUT2D eigenvalue weighted by Gasteiger charge is -2.23. The van der Waals surface area contributed by atoms with E-state index in [0.717, 1.165) is 19.3 Å². The molecule has 1 saturated heterocycles. The molecule has 1 fully saturated rings. The van der Waals surface area contributed by atoms with Gasteiger partial charge in [0.1, 0.15) is 0 Å². The summed E-state index contributed by atoms with van der Waals surface area (Å²) in [4.78, 5) is 22.0. The van der Waals surface area contributed by atoms with Crippen LogP contribution in [-0.4, -0.2) is 42.9 Å². The molecule has 0 aromatic heterocycles. The molecule has 1 rings (SSSR count). The van der Waals surface area contributed by atoms with Crippen molar-refractivity contribution in [2.75, 3.05) is 19.8 Å². The molecule has 0 aromatic carbocycles. The van der Waals surface area contributed by atoms with E-state index < -0.39 is 5.97 Å². The average molecular weight is 272 g/mol. The average Bonchev–Trinajstić information content (AvgIpc) is 2.37. The molecule has 1 atom stereocenters. The van der Waals surface area contributed by atoms with Crippen molar-refractivity contribution in [1.29, 1.82) is 0 Å². The zero-order valence-corrected chi connectivity index (χ0v) is 11.5. The van der Waals surface area contributed by atoms with Crippen LogP contribution in [0.3, 0.4) is 0 Å². The first-order valence-electron chi connectivity index (χ1n) is 6.92. The van der Waals surface area contributed by atoms with Crippen LogP contribution in [0.25, 0.3) is 0 Å². The van der Waals surface area contributed by atoms with E-state index in [-0.39, 0.29) is 18.5 Å². The second-order valence-electron chi connectivity index (χ2n) is 5.11. The van der Waals surface area contributed by atoms with Crippen LogP contribution in [0.1, 0.15) is 39.0 Å². The molecule has 1 unspecified atom stereocenters. The maximum Gasteiger partial charge on any atom is 0.315 e. The first-order valence-corrected chi connectivity index (χ1v) is 6.92. The molecule has 2 amide bonds. The number of carboxylic acid groups (broad SMARTS) is 1. The molecule has 0 spiro atoms. The highest BCUT2D eigenvalue weighted by Crippen LogP contribution is 2.09. The van der Waals surface area contributed by atoms with Gasteiger partial charge in [-0.3, -0.25) is 4.79 Å². The van der Waals surface area contributed by atoms with Crippen LogP contribution in [0.2, 0.25) is 0 Å². The van der Waals surface area contributed by atoms with Gasteiger partial charge in [0.25, 0.3) is 0 Å². The fourth-order valence-corrected chi connectivity index (χ4v) is 2.02. The molecule has 6 heteroatoms. The van der Waals surface area contributed by atoms with Gasteiger partial charge in [0, 0.05) is 32.2 Å². The quantitative estimate of drug-likeness (QED) is 0.653. The Hall–Kier alpha value is -1.30. The smallest absolute Gasteiger partial charge is 0.315 e. The maximum atomic E-state index is 11.6. The highest BCUT2D eigenvalue weighted by molar-refractivity contribution is 5.74. The van der Waals surface area contributed by atoms with Crippen LogP contribution >= 0.6 is 0 Å². The highest BCUT2D eigenvalue weighted by Gasteiger charge is 2.15. The molecule has 1 aliphatic heterocycles. The number of nitrogens with one attached hydrogen (secondary N) is 2. The zero-order valence-electron chi connectivity index (χ0n) is 11.5. The van der Waals surface area contributed by atoms with Gasteiger partial charge in [-0.05, 0) is 31.6 Å². The number of aliphatic carboxylic acids is 1. The molecule has 110 valence electrons. The summed E-state index contributed by atoms with van der Waals surface area (Å²) in [5.41, 5.74) is 0. The lowest BCUT2D eigenvalue weighted by Crippen LogP contribution is -2.44. The highest BCUT2D eigenvalue weighted by atomic mass is 16.5. The second-order valence-corrected chi connectivity index (χ2v) is 5.11. The van der Waals surface area contributed by atoms with Crippen molar-refractivity contribution >= 4 is 12.0 Å². The topological polar surface area (TPSA) is 87.7 Å². The molecular weight excluding hydrogens is 248 g/mol. The van der Waals surface area contributed by atoms with E-state index in [1.807, 2.05) is 6.92 Å². The lowest BCUT2D eigenvalue weighted by molar-refractivity contribution is -0.137. The Kier molecular flexibility index (Phi) is 7.25. The van der Waals surface area contributed by atoms with E-state index in [0.29, 0.717) is 32.1 Å². The zero-order chi connectivity index (χ0) is 14.1. The van der Waals surface area contributed by atoms with Gasteiger partial charge >= 0.3 is 12.0 Å². The summed E-state index contributed by atoms with van der Waals surface area (Å²) in [6, 6.07) is 0.0653. The van der Waals surface area contributed by atoms with Crippen molar-refractivity contribution in [2.24, 2.45) is 5.92 Å². The first-order chi connectivity index (χ1) is 9.08. The van der Waals surface area contributed by atoms with Gasteiger partial charge in [0.05, 0.1) is 0 Å². The molecule has 0 radical (unpaired) electrons. The molecule has 0 saturated carbocycles. The van der Waals surface area contributed by atoms with Gasteiger partial charge in [-0.1, -0.05) is 6.92 Å². The predicted molar refractivity (Wildman–Crippen MR) is 71.0 cm³/mol. The SMILES string of the molecule is CC(CCNC(=O)NC1CCOCC1)CCC(=O)O. The van der Waals surface area contributed by atoms with Crippen molar-refractivity contribution in [3.05, 3.63) is 0 Å². The lowest BCUT2D eigenvalue weighted by atomic mass is 10.0. The molecule has 0 aromatic rings.